The Morgan fingerprint density at radius 3 is 0.235 bits per heavy atom. The number of hydrogen-bond donors (Lipinski definition) is 22. The molecule has 26 nitrogen and oxygen atoms in total. The Hall–Kier alpha value is -2.84. The third-order valence-electron chi connectivity index (χ3n) is 22.5. The quantitative estimate of drug-likeness (QED) is 0.0251. The predicted octanol–water partition coefficient (Wildman–Crippen LogP) is 21.6. The van der Waals surface area contributed by atoms with Crippen molar-refractivity contribution in [2.24, 2.45) is 0 Å². The molecule has 0 aliphatic rings. The monoisotopic (exact) mass is 1910 g/mol. The van der Waals surface area contributed by atoms with E-state index in [1.165, 1.54) is 437 Å². The van der Waals surface area contributed by atoms with Crippen molar-refractivity contribution in [2.75, 3.05) is 79.3 Å². The number of unbranched alkanes of at least 4 members (excludes halogenated alkanes) is 72. The van der Waals surface area contributed by atoms with Gasteiger partial charge in [-0.2, -0.15) is 0 Å². The fraction of sp³-hybridized carbons (Fsp3) is 0.962. The van der Waals surface area contributed by atoms with Gasteiger partial charge in [-0.15, -0.1) is 0 Å². The normalized spacial score (nSPS) is 10.8. The van der Waals surface area contributed by atoms with Crippen LogP contribution in [-0.2, 0) is 19.2 Å². The van der Waals surface area contributed by atoms with Crippen molar-refractivity contribution in [1.29, 1.82) is 0 Å². The molecule has 0 amide bonds. The van der Waals surface area contributed by atoms with Gasteiger partial charge >= 0.3 is 23.9 Å². The van der Waals surface area contributed by atoms with Gasteiger partial charge in [0.25, 0.3) is 0 Å². The summed E-state index contributed by atoms with van der Waals surface area (Å²) in [5.74, 6) is -2.60. The molecule has 0 aliphatic carbocycles. The van der Waals surface area contributed by atoms with E-state index in [2.05, 4.69) is 27.7 Å². The summed E-state index contributed by atoms with van der Waals surface area (Å²) >= 11 is 0. The molecule has 0 saturated heterocycles. The Morgan fingerprint density at radius 1 is 0.129 bits per heavy atom. The molecule has 0 atom stereocenters. The van der Waals surface area contributed by atoms with Gasteiger partial charge < -0.3 is 112 Å². The van der Waals surface area contributed by atoms with Crippen molar-refractivity contribution in [3.8, 4) is 0 Å². The SMILES string of the molecule is CCCCCCCCCCCCCCCCCCCCCC(=O)O.CCCCCCCCCCCCCCCCCCCCCC(=O)O.CCCCCCCCCCCCCCCCCCCCCC(=O)O.CCCCCCCCCCCCCCCCCCCCCC(=O)O.OCC(O)CO.OCC(O)CO.OCC(O)CO.OCC(O)CO.OCC(O)CO.OCC(O)CO. The molecule has 0 aliphatic heterocycles. The van der Waals surface area contributed by atoms with Gasteiger partial charge in [-0.25, -0.2) is 0 Å². The van der Waals surface area contributed by atoms with Crippen LogP contribution in [0.4, 0.5) is 0 Å². The molecule has 0 aromatic heterocycles. The molecule has 0 fully saturated rings. The Labute approximate surface area is 808 Å². The highest BCUT2D eigenvalue weighted by Gasteiger charge is 2.06. The van der Waals surface area contributed by atoms with Gasteiger partial charge in [0.15, 0.2) is 0 Å². The zero-order valence-electron chi connectivity index (χ0n) is 86.0. The van der Waals surface area contributed by atoms with E-state index in [1.54, 1.807) is 0 Å². The van der Waals surface area contributed by atoms with Crippen LogP contribution in [0.3, 0.4) is 0 Å². The first-order valence-electron chi connectivity index (χ1n) is 54.2. The Morgan fingerprint density at radius 2 is 0.189 bits per heavy atom. The summed E-state index contributed by atoms with van der Waals surface area (Å²) in [5.41, 5.74) is 0. The minimum atomic E-state index is -0.954. The number of carboxylic acid groups (broad SMARTS) is 4. The van der Waals surface area contributed by atoms with Gasteiger partial charge in [-0.3, -0.25) is 19.2 Å². The van der Waals surface area contributed by atoms with Crippen LogP contribution in [-0.4, -0.2) is 252 Å². The summed E-state index contributed by atoms with van der Waals surface area (Å²) in [6.07, 6.45) is 98.7. The number of rotatable bonds is 92. The van der Waals surface area contributed by atoms with Crippen molar-refractivity contribution >= 4 is 23.9 Å². The molecule has 0 aromatic rings. The topological polar surface area (TPSA) is 513 Å². The molecule has 0 bridgehead atoms. The smallest absolute Gasteiger partial charge is 0.303 e. The van der Waals surface area contributed by atoms with Crippen LogP contribution in [0.1, 0.15) is 541 Å². The van der Waals surface area contributed by atoms with E-state index in [-0.39, 0.29) is 79.3 Å². The summed E-state index contributed by atoms with van der Waals surface area (Å²) < 4.78 is 0. The highest BCUT2D eigenvalue weighted by molar-refractivity contribution is 5.67. The number of aliphatic carboxylic acids is 4. The molecule has 0 unspecified atom stereocenters. The number of carbonyl (C=O) groups is 4. The maximum Gasteiger partial charge on any atom is 0.303 e. The number of carboxylic acids is 4. The van der Waals surface area contributed by atoms with Crippen LogP contribution in [0.15, 0.2) is 0 Å². The van der Waals surface area contributed by atoms with E-state index in [0.717, 1.165) is 51.4 Å². The molecular weight excluding hydrogens is 1690 g/mol. The first-order chi connectivity index (χ1) is 63.9. The first kappa shape index (κ1) is 149. The van der Waals surface area contributed by atoms with Crippen LogP contribution >= 0.6 is 0 Å². The van der Waals surface area contributed by atoms with Crippen LogP contribution in [0, 0.1) is 0 Å². The van der Waals surface area contributed by atoms with Crippen LogP contribution < -0.4 is 0 Å². The average Bonchev–Trinajstić information content (AvgIpc) is 1.10. The number of aliphatic hydroxyl groups excluding tert-OH is 18. The Kier molecular flexibility index (Phi) is 165. The molecular formula is C106H224O26. The van der Waals surface area contributed by atoms with Gasteiger partial charge in [-0.1, -0.05) is 490 Å². The molecule has 0 heterocycles. The summed E-state index contributed by atoms with van der Waals surface area (Å²) in [4.78, 5) is 41.5. The summed E-state index contributed by atoms with van der Waals surface area (Å²) in [5, 5.41) is 178. The molecule has 0 saturated carbocycles. The van der Waals surface area contributed by atoms with E-state index >= 15 is 0 Å². The van der Waals surface area contributed by atoms with Gasteiger partial charge in [-0.05, 0) is 25.7 Å². The summed E-state index contributed by atoms with van der Waals surface area (Å²) in [6.45, 7) is 4.76. The summed E-state index contributed by atoms with van der Waals surface area (Å²) in [6, 6.07) is 0. The van der Waals surface area contributed by atoms with E-state index in [9.17, 15) is 19.2 Å². The first-order valence-corrected chi connectivity index (χ1v) is 54.2. The van der Waals surface area contributed by atoms with Crippen LogP contribution in [0.25, 0.3) is 0 Å². The molecule has 22 N–H and O–H groups in total. The van der Waals surface area contributed by atoms with E-state index in [1.807, 2.05) is 0 Å². The highest BCUT2D eigenvalue weighted by atomic mass is 16.4. The van der Waals surface area contributed by atoms with Crippen molar-refractivity contribution in [3.63, 3.8) is 0 Å². The standard InChI is InChI=1S/4C22H44O2.6C3H8O3/c4*1-2-3-4-5-6-7-8-9-10-11-12-13-14-15-16-17-18-19-20-21-22(23)24;6*4-1-3(6)2-5/h4*2-21H2,1H3,(H,23,24);6*3-6H,1-2H2. The fourth-order valence-electron chi connectivity index (χ4n) is 13.8. The second-order valence-corrected chi connectivity index (χ2v) is 36.1. The third-order valence-corrected chi connectivity index (χ3v) is 22.5. The molecule has 0 radical (unpaired) electrons. The van der Waals surface area contributed by atoms with Gasteiger partial charge in [0.2, 0.25) is 0 Å². The predicted molar refractivity (Wildman–Crippen MR) is 544 cm³/mol. The van der Waals surface area contributed by atoms with Crippen molar-refractivity contribution < 1.29 is 132 Å². The van der Waals surface area contributed by atoms with Gasteiger partial charge in [0, 0.05) is 25.7 Å². The largest absolute Gasteiger partial charge is 0.481 e. The molecule has 0 spiro atoms. The van der Waals surface area contributed by atoms with Crippen molar-refractivity contribution in [1.82, 2.24) is 0 Å². The lowest BCUT2D eigenvalue weighted by atomic mass is 10.0. The van der Waals surface area contributed by atoms with Crippen molar-refractivity contribution in [2.45, 2.75) is 578 Å². The molecule has 0 rings (SSSR count). The molecule has 26 heteroatoms. The van der Waals surface area contributed by atoms with Gasteiger partial charge in [0.1, 0.15) is 36.6 Å². The Balaban J connectivity index is -0.000000166. The second kappa shape index (κ2) is 146. The zero-order valence-corrected chi connectivity index (χ0v) is 86.0. The zero-order chi connectivity index (χ0) is 101. The minimum Gasteiger partial charge on any atom is -0.481 e. The summed E-state index contributed by atoms with van der Waals surface area (Å²) in [7, 11) is 0. The van der Waals surface area contributed by atoms with E-state index in [0.29, 0.717) is 25.7 Å². The average molecular weight is 1910 g/mol. The molecule has 132 heavy (non-hydrogen) atoms. The van der Waals surface area contributed by atoms with E-state index < -0.39 is 60.5 Å². The van der Waals surface area contributed by atoms with Crippen LogP contribution in [0.5, 0.6) is 0 Å². The van der Waals surface area contributed by atoms with Gasteiger partial charge in [0.05, 0.1) is 79.3 Å². The Bertz CT molecular complexity index is 1660. The molecule has 0 aromatic carbocycles. The lowest BCUT2D eigenvalue weighted by Gasteiger charge is -2.03. The lowest BCUT2D eigenvalue weighted by Crippen LogP contribution is -2.15. The van der Waals surface area contributed by atoms with E-state index in [4.69, 9.17) is 112 Å². The maximum absolute atomic E-state index is 10.4. The molecule has 804 valence electrons. The fourth-order valence-corrected chi connectivity index (χ4v) is 13.8. The second-order valence-electron chi connectivity index (χ2n) is 36.1. The maximum atomic E-state index is 10.4. The third kappa shape index (κ3) is 183. The highest BCUT2D eigenvalue weighted by Crippen LogP contribution is 2.21. The van der Waals surface area contributed by atoms with Crippen LogP contribution in [0.2, 0.25) is 0 Å². The minimum absolute atomic E-state index is 0.346. The van der Waals surface area contributed by atoms with Crippen molar-refractivity contribution in [3.05, 3.63) is 0 Å². The number of aliphatic hydroxyl groups is 18. The lowest BCUT2D eigenvalue weighted by molar-refractivity contribution is -0.138. The number of hydrogen-bond acceptors (Lipinski definition) is 22.